The van der Waals surface area contributed by atoms with Crippen molar-refractivity contribution in [3.8, 4) is 22.8 Å². The van der Waals surface area contributed by atoms with E-state index < -0.39 is 0 Å². The van der Waals surface area contributed by atoms with Crippen molar-refractivity contribution < 1.29 is 13.9 Å². The van der Waals surface area contributed by atoms with Gasteiger partial charge in [0.1, 0.15) is 24.5 Å². The first-order valence-electron chi connectivity index (χ1n) is 9.67. The van der Waals surface area contributed by atoms with Crippen molar-refractivity contribution in [2.45, 2.75) is 13.8 Å². The minimum Gasteiger partial charge on any atom is -0.490 e. The van der Waals surface area contributed by atoms with E-state index in [9.17, 15) is 4.79 Å². The molecule has 0 N–H and O–H groups in total. The second kappa shape index (κ2) is 8.64. The molecule has 5 heteroatoms. The smallest absolute Gasteiger partial charge is 0.235 e. The summed E-state index contributed by atoms with van der Waals surface area (Å²) in [5.41, 5.74) is 3.16. The van der Waals surface area contributed by atoms with Gasteiger partial charge in [0.05, 0.1) is 5.39 Å². The molecular formula is C25H21ClO4. The summed E-state index contributed by atoms with van der Waals surface area (Å²) in [5, 5.41) is 1.09. The van der Waals surface area contributed by atoms with Gasteiger partial charge in [-0.1, -0.05) is 40.9 Å². The number of hydrogen-bond donors (Lipinski definition) is 0. The Morgan fingerprint density at radius 1 is 0.833 bits per heavy atom. The number of aryl methyl sites for hydroxylation is 2. The van der Waals surface area contributed by atoms with E-state index >= 15 is 0 Å². The molecule has 0 bridgehead atoms. The lowest BCUT2D eigenvalue weighted by Crippen LogP contribution is -2.15. The van der Waals surface area contributed by atoms with Gasteiger partial charge in [0.15, 0.2) is 5.76 Å². The average Bonchev–Trinajstić information content (AvgIpc) is 2.74. The Labute approximate surface area is 179 Å². The van der Waals surface area contributed by atoms with Crippen molar-refractivity contribution in [2.75, 3.05) is 13.2 Å². The van der Waals surface area contributed by atoms with E-state index in [2.05, 4.69) is 0 Å². The lowest BCUT2D eigenvalue weighted by atomic mass is 10.1. The number of halogens is 1. The minimum absolute atomic E-state index is 0.169. The van der Waals surface area contributed by atoms with Crippen molar-refractivity contribution in [1.82, 2.24) is 0 Å². The largest absolute Gasteiger partial charge is 0.490 e. The van der Waals surface area contributed by atoms with E-state index in [1.54, 1.807) is 30.3 Å². The summed E-state index contributed by atoms with van der Waals surface area (Å²) in [6, 6.07) is 20.4. The van der Waals surface area contributed by atoms with E-state index in [-0.39, 0.29) is 17.8 Å². The van der Waals surface area contributed by atoms with Gasteiger partial charge >= 0.3 is 0 Å². The van der Waals surface area contributed by atoms with Crippen LogP contribution in [-0.2, 0) is 0 Å². The van der Waals surface area contributed by atoms with E-state index in [0.29, 0.717) is 33.9 Å². The first-order valence-corrected chi connectivity index (χ1v) is 10.0. The van der Waals surface area contributed by atoms with Crippen LogP contribution in [0, 0.1) is 13.8 Å². The van der Waals surface area contributed by atoms with Crippen LogP contribution < -0.4 is 14.9 Å². The van der Waals surface area contributed by atoms with E-state index in [1.807, 2.05) is 50.2 Å². The summed E-state index contributed by atoms with van der Waals surface area (Å²) in [4.78, 5) is 13.2. The van der Waals surface area contributed by atoms with Gasteiger partial charge in [-0.3, -0.25) is 4.79 Å². The van der Waals surface area contributed by atoms with E-state index in [0.717, 1.165) is 16.9 Å². The van der Waals surface area contributed by atoms with Crippen LogP contribution in [0.1, 0.15) is 11.1 Å². The van der Waals surface area contributed by atoms with Gasteiger partial charge in [0.2, 0.25) is 11.2 Å². The van der Waals surface area contributed by atoms with Crippen LogP contribution >= 0.6 is 11.6 Å². The molecule has 1 heterocycles. The SMILES string of the molecule is Cc1ccc(OCCOc2c(-c3ccc(Cl)cc3)oc3ccc(C)cc3c2=O)cc1. The Balaban J connectivity index is 1.64. The maximum absolute atomic E-state index is 13.2. The molecule has 0 saturated carbocycles. The predicted octanol–water partition coefficient (Wildman–Crippen LogP) is 6.19. The third kappa shape index (κ3) is 4.34. The number of ether oxygens (including phenoxy) is 2. The number of rotatable bonds is 6. The number of fused-ring (bicyclic) bond motifs is 1. The van der Waals surface area contributed by atoms with Crippen molar-refractivity contribution in [1.29, 1.82) is 0 Å². The van der Waals surface area contributed by atoms with Crippen LogP contribution in [-0.4, -0.2) is 13.2 Å². The highest BCUT2D eigenvalue weighted by Gasteiger charge is 2.18. The van der Waals surface area contributed by atoms with Gasteiger partial charge in [-0.15, -0.1) is 0 Å². The van der Waals surface area contributed by atoms with Gasteiger partial charge in [0, 0.05) is 10.6 Å². The number of benzene rings is 3. The van der Waals surface area contributed by atoms with Crippen LogP contribution in [0.25, 0.3) is 22.3 Å². The zero-order valence-electron chi connectivity index (χ0n) is 16.8. The molecule has 1 aromatic heterocycles. The molecule has 3 aromatic carbocycles. The molecule has 0 amide bonds. The summed E-state index contributed by atoms with van der Waals surface area (Å²) < 4.78 is 17.7. The van der Waals surface area contributed by atoms with Gasteiger partial charge < -0.3 is 13.9 Å². The maximum Gasteiger partial charge on any atom is 0.235 e. The van der Waals surface area contributed by atoms with Crippen LogP contribution in [0.15, 0.2) is 75.9 Å². The Hall–Kier alpha value is -3.24. The third-order valence-corrected chi connectivity index (χ3v) is 4.98. The summed E-state index contributed by atoms with van der Waals surface area (Å²) in [7, 11) is 0. The van der Waals surface area contributed by atoms with Gasteiger partial charge in [-0.2, -0.15) is 0 Å². The first kappa shape index (κ1) is 20.0. The topological polar surface area (TPSA) is 48.7 Å². The van der Waals surface area contributed by atoms with E-state index in [1.165, 1.54) is 0 Å². The molecule has 0 spiro atoms. The third-order valence-electron chi connectivity index (χ3n) is 4.73. The fraction of sp³-hybridized carbons (Fsp3) is 0.160. The van der Waals surface area contributed by atoms with Crippen LogP contribution in [0.3, 0.4) is 0 Å². The molecule has 4 aromatic rings. The van der Waals surface area contributed by atoms with Crippen molar-refractivity contribution in [2.24, 2.45) is 0 Å². The molecule has 30 heavy (non-hydrogen) atoms. The van der Waals surface area contributed by atoms with Crippen LogP contribution in [0.4, 0.5) is 0 Å². The molecule has 4 rings (SSSR count). The molecule has 0 atom stereocenters. The molecule has 0 aliphatic rings. The summed E-state index contributed by atoms with van der Waals surface area (Å²) in [6.07, 6.45) is 0. The first-order chi connectivity index (χ1) is 14.5. The predicted molar refractivity (Wildman–Crippen MR) is 120 cm³/mol. The molecule has 0 fully saturated rings. The molecule has 0 aliphatic heterocycles. The fourth-order valence-corrected chi connectivity index (χ4v) is 3.28. The van der Waals surface area contributed by atoms with E-state index in [4.69, 9.17) is 25.5 Å². The molecule has 0 aliphatic carbocycles. The summed E-state index contributed by atoms with van der Waals surface area (Å²) in [5.74, 6) is 1.30. The highest BCUT2D eigenvalue weighted by atomic mass is 35.5. The Bertz CT molecular complexity index is 1230. The monoisotopic (exact) mass is 420 g/mol. The summed E-state index contributed by atoms with van der Waals surface area (Å²) >= 11 is 6.01. The van der Waals surface area contributed by atoms with Crippen molar-refractivity contribution in [3.63, 3.8) is 0 Å². The van der Waals surface area contributed by atoms with Gasteiger partial charge in [-0.05, 0) is 62.4 Å². The zero-order chi connectivity index (χ0) is 21.1. The molecule has 0 saturated heterocycles. The molecule has 4 nitrogen and oxygen atoms in total. The normalized spacial score (nSPS) is 10.9. The maximum atomic E-state index is 13.2. The average molecular weight is 421 g/mol. The second-order valence-electron chi connectivity index (χ2n) is 7.11. The van der Waals surface area contributed by atoms with Crippen molar-refractivity contribution in [3.05, 3.63) is 93.1 Å². The second-order valence-corrected chi connectivity index (χ2v) is 7.54. The molecular weight excluding hydrogens is 400 g/mol. The Kier molecular flexibility index (Phi) is 5.77. The van der Waals surface area contributed by atoms with Crippen LogP contribution in [0.2, 0.25) is 5.02 Å². The highest BCUT2D eigenvalue weighted by Crippen LogP contribution is 2.32. The minimum atomic E-state index is -0.208. The summed E-state index contributed by atoms with van der Waals surface area (Å²) in [6.45, 7) is 4.46. The fourth-order valence-electron chi connectivity index (χ4n) is 3.15. The molecule has 152 valence electrons. The van der Waals surface area contributed by atoms with Crippen LogP contribution in [0.5, 0.6) is 11.5 Å². The molecule has 0 radical (unpaired) electrons. The Morgan fingerprint density at radius 3 is 2.23 bits per heavy atom. The zero-order valence-corrected chi connectivity index (χ0v) is 17.5. The van der Waals surface area contributed by atoms with Gasteiger partial charge in [-0.25, -0.2) is 0 Å². The lowest BCUT2D eigenvalue weighted by Gasteiger charge is -2.13. The lowest BCUT2D eigenvalue weighted by molar-refractivity contribution is 0.214. The number of hydrogen-bond acceptors (Lipinski definition) is 4. The van der Waals surface area contributed by atoms with Gasteiger partial charge in [0.25, 0.3) is 0 Å². The Morgan fingerprint density at radius 2 is 1.50 bits per heavy atom. The molecule has 0 unspecified atom stereocenters. The standard InChI is InChI=1S/C25H21ClO4/c1-16-3-10-20(11-4-16)28-13-14-29-25-23(27)21-15-17(2)5-12-22(21)30-24(25)18-6-8-19(26)9-7-18/h3-12,15H,13-14H2,1-2H3. The highest BCUT2D eigenvalue weighted by molar-refractivity contribution is 6.30. The van der Waals surface area contributed by atoms with Crippen molar-refractivity contribution >= 4 is 22.6 Å². The quantitative estimate of drug-likeness (QED) is 0.349.